The summed E-state index contributed by atoms with van der Waals surface area (Å²) in [6, 6.07) is 10.1. The van der Waals surface area contributed by atoms with Gasteiger partial charge in [-0.15, -0.1) is 0 Å². The monoisotopic (exact) mass is 544 g/mol. The van der Waals surface area contributed by atoms with Gasteiger partial charge in [0.1, 0.15) is 11.6 Å². The second kappa shape index (κ2) is 11.2. The minimum atomic E-state index is -4.08. The van der Waals surface area contributed by atoms with Gasteiger partial charge in [-0.2, -0.15) is 0 Å². The summed E-state index contributed by atoms with van der Waals surface area (Å²) >= 11 is 12.1. The highest BCUT2D eigenvalue weighted by Crippen LogP contribution is 2.32. The summed E-state index contributed by atoms with van der Waals surface area (Å²) in [5.74, 6) is -1.75. The summed E-state index contributed by atoms with van der Waals surface area (Å²) in [5, 5.41) is 2.71. The number of hydrogen-bond acceptors (Lipinski definition) is 5. The molecule has 0 radical (unpaired) electrons. The average Bonchev–Trinajstić information content (AvgIpc) is 2.82. The van der Waals surface area contributed by atoms with Crippen LogP contribution in [0.3, 0.4) is 0 Å². The fourth-order valence-electron chi connectivity index (χ4n) is 3.16. The van der Waals surface area contributed by atoms with Crippen LogP contribution in [0.15, 0.2) is 53.4 Å². The summed E-state index contributed by atoms with van der Waals surface area (Å²) in [4.78, 5) is 12.4. The Morgan fingerprint density at radius 3 is 2.20 bits per heavy atom. The third kappa shape index (κ3) is 6.40. The Balaban J connectivity index is 1.78. The lowest BCUT2D eigenvalue weighted by molar-refractivity contribution is -0.115. The van der Waals surface area contributed by atoms with Crippen LogP contribution in [0.25, 0.3) is 0 Å². The number of anilines is 1. The highest BCUT2D eigenvalue weighted by atomic mass is 35.5. The number of carbonyl (C=O) groups excluding carboxylic acids is 1. The molecule has 3 aromatic rings. The predicted molar refractivity (Wildman–Crippen MR) is 129 cm³/mol. The predicted octanol–water partition coefficient (Wildman–Crippen LogP) is 4.80. The van der Waals surface area contributed by atoms with E-state index in [1.165, 1.54) is 50.6 Å². The molecule has 12 heteroatoms. The molecule has 2 N–H and O–H groups in total. The first-order chi connectivity index (χ1) is 16.6. The molecule has 7 nitrogen and oxygen atoms in total. The van der Waals surface area contributed by atoms with Crippen LogP contribution in [0.4, 0.5) is 14.5 Å². The van der Waals surface area contributed by atoms with Crippen LogP contribution < -0.4 is 19.5 Å². The molecule has 0 fully saturated rings. The van der Waals surface area contributed by atoms with E-state index in [1.54, 1.807) is 0 Å². The first-order valence-electron chi connectivity index (χ1n) is 9.98. The average molecular weight is 545 g/mol. The number of benzene rings is 3. The van der Waals surface area contributed by atoms with Crippen molar-refractivity contribution >= 4 is 44.8 Å². The van der Waals surface area contributed by atoms with Crippen LogP contribution in [0.5, 0.6) is 11.5 Å². The summed E-state index contributed by atoms with van der Waals surface area (Å²) in [7, 11) is -1.32. The van der Waals surface area contributed by atoms with Gasteiger partial charge in [-0.25, -0.2) is 21.9 Å². The summed E-state index contributed by atoms with van der Waals surface area (Å²) in [6.07, 6.45) is -0.234. The van der Waals surface area contributed by atoms with Crippen LogP contribution in [0, 0.1) is 11.6 Å². The number of halogens is 4. The van der Waals surface area contributed by atoms with Crippen LogP contribution in [-0.4, -0.2) is 35.1 Å². The molecule has 0 atom stereocenters. The minimum absolute atomic E-state index is 0.0885. The van der Waals surface area contributed by atoms with E-state index in [0.29, 0.717) is 5.75 Å². The minimum Gasteiger partial charge on any atom is -0.493 e. The largest absolute Gasteiger partial charge is 0.493 e. The van der Waals surface area contributed by atoms with Gasteiger partial charge < -0.3 is 14.8 Å². The van der Waals surface area contributed by atoms with Crippen molar-refractivity contribution in [3.05, 3.63) is 81.3 Å². The van der Waals surface area contributed by atoms with Crippen molar-refractivity contribution < 1.29 is 31.5 Å². The first kappa shape index (κ1) is 26.7. The first-order valence-corrected chi connectivity index (χ1v) is 12.2. The van der Waals surface area contributed by atoms with Gasteiger partial charge in [0.05, 0.1) is 35.7 Å². The smallest absolute Gasteiger partial charge is 0.241 e. The summed E-state index contributed by atoms with van der Waals surface area (Å²) < 4.78 is 65.9. The standard InChI is InChI=1S/C23H20Cl2F2N2O5S/c1-33-21-7-6-14(10-22(21)34-2)35(31,32)28-12-23(30)29-20-11-17(25)16(24)9-13(20)8-15-18(26)4-3-5-19(15)27/h3-7,9-11,28H,8,12H2,1-2H3,(H,29,30). The SMILES string of the molecule is COc1ccc(S(=O)(=O)NCC(=O)Nc2cc(Cl)c(Cl)cc2Cc2c(F)cccc2F)cc1OC. The van der Waals surface area contributed by atoms with Crippen molar-refractivity contribution in [1.29, 1.82) is 0 Å². The van der Waals surface area contributed by atoms with Gasteiger partial charge in [0.2, 0.25) is 15.9 Å². The van der Waals surface area contributed by atoms with Crippen molar-refractivity contribution in [2.45, 2.75) is 11.3 Å². The Bertz CT molecular complexity index is 1350. The summed E-state index contributed by atoms with van der Waals surface area (Å²) in [5.41, 5.74) is 0.174. The van der Waals surface area contributed by atoms with Crippen LogP contribution in [0.2, 0.25) is 10.0 Å². The molecule has 0 aromatic heterocycles. The van der Waals surface area contributed by atoms with E-state index in [9.17, 15) is 22.0 Å². The van der Waals surface area contributed by atoms with Crippen LogP contribution in [0.1, 0.15) is 11.1 Å². The van der Waals surface area contributed by atoms with Gasteiger partial charge in [0, 0.05) is 23.7 Å². The number of amides is 1. The van der Waals surface area contributed by atoms with Gasteiger partial charge in [0.15, 0.2) is 11.5 Å². The lowest BCUT2D eigenvalue weighted by Crippen LogP contribution is -2.33. The molecule has 0 aliphatic carbocycles. The van der Waals surface area contributed by atoms with E-state index in [4.69, 9.17) is 32.7 Å². The van der Waals surface area contributed by atoms with E-state index in [0.717, 1.165) is 12.1 Å². The Morgan fingerprint density at radius 1 is 0.943 bits per heavy atom. The number of sulfonamides is 1. The van der Waals surface area contributed by atoms with E-state index in [2.05, 4.69) is 10.0 Å². The van der Waals surface area contributed by atoms with E-state index in [1.807, 2.05) is 0 Å². The van der Waals surface area contributed by atoms with Gasteiger partial charge in [0.25, 0.3) is 0 Å². The Morgan fingerprint density at radius 2 is 1.57 bits per heavy atom. The number of nitrogens with one attached hydrogen (secondary N) is 2. The number of rotatable bonds is 9. The van der Waals surface area contributed by atoms with E-state index < -0.39 is 34.1 Å². The Labute approximate surface area is 211 Å². The Hall–Kier alpha value is -2.92. The lowest BCUT2D eigenvalue weighted by Gasteiger charge is -2.15. The van der Waals surface area contributed by atoms with E-state index in [-0.39, 0.29) is 43.9 Å². The number of ether oxygens (including phenoxy) is 2. The van der Waals surface area contributed by atoms with Crippen molar-refractivity contribution in [2.24, 2.45) is 0 Å². The second-order valence-electron chi connectivity index (χ2n) is 7.19. The molecule has 0 saturated heterocycles. The van der Waals surface area contributed by atoms with Crippen molar-refractivity contribution in [1.82, 2.24) is 4.72 Å². The number of carbonyl (C=O) groups is 1. The maximum Gasteiger partial charge on any atom is 0.241 e. The molecule has 0 aliphatic heterocycles. The maximum atomic E-state index is 14.1. The zero-order valence-electron chi connectivity index (χ0n) is 18.5. The zero-order valence-corrected chi connectivity index (χ0v) is 20.8. The zero-order chi connectivity index (χ0) is 25.8. The quantitative estimate of drug-likeness (QED) is 0.403. The fraction of sp³-hybridized carbons (Fsp3) is 0.174. The third-order valence-electron chi connectivity index (χ3n) is 4.94. The van der Waals surface area contributed by atoms with E-state index >= 15 is 0 Å². The molecule has 35 heavy (non-hydrogen) atoms. The van der Waals surface area contributed by atoms with Crippen molar-refractivity contribution in [2.75, 3.05) is 26.1 Å². The van der Waals surface area contributed by atoms with Gasteiger partial charge in [-0.1, -0.05) is 29.3 Å². The van der Waals surface area contributed by atoms with Gasteiger partial charge in [-0.3, -0.25) is 4.79 Å². The maximum absolute atomic E-state index is 14.1. The molecule has 0 heterocycles. The molecule has 3 aromatic carbocycles. The molecule has 0 saturated carbocycles. The topological polar surface area (TPSA) is 93.7 Å². The Kier molecular flexibility index (Phi) is 8.55. The molecule has 0 bridgehead atoms. The molecule has 186 valence electrons. The normalized spacial score (nSPS) is 11.3. The number of hydrogen-bond donors (Lipinski definition) is 2. The van der Waals surface area contributed by atoms with Crippen molar-refractivity contribution in [3.63, 3.8) is 0 Å². The molecule has 0 spiro atoms. The highest BCUT2D eigenvalue weighted by Gasteiger charge is 2.20. The molecular formula is C23H20Cl2F2N2O5S. The van der Waals surface area contributed by atoms with Crippen LogP contribution >= 0.6 is 23.2 Å². The number of methoxy groups -OCH3 is 2. The molecule has 1 amide bonds. The van der Waals surface area contributed by atoms with Crippen LogP contribution in [-0.2, 0) is 21.2 Å². The fourth-order valence-corrected chi connectivity index (χ4v) is 4.51. The lowest BCUT2D eigenvalue weighted by atomic mass is 10.0. The summed E-state index contributed by atoms with van der Waals surface area (Å²) in [6.45, 7) is -0.635. The van der Waals surface area contributed by atoms with Gasteiger partial charge >= 0.3 is 0 Å². The molecule has 0 aliphatic rings. The molecular weight excluding hydrogens is 525 g/mol. The van der Waals surface area contributed by atoms with Gasteiger partial charge in [-0.05, 0) is 42.0 Å². The third-order valence-corrected chi connectivity index (χ3v) is 7.06. The molecule has 3 rings (SSSR count). The molecule has 0 unspecified atom stereocenters. The highest BCUT2D eigenvalue weighted by molar-refractivity contribution is 7.89. The second-order valence-corrected chi connectivity index (χ2v) is 9.77. The van der Waals surface area contributed by atoms with Crippen molar-refractivity contribution in [3.8, 4) is 11.5 Å².